The van der Waals surface area contributed by atoms with E-state index < -0.39 is 3.79 Å². The van der Waals surface area contributed by atoms with Gasteiger partial charge in [-0.25, -0.2) is 0 Å². The second-order valence-electron chi connectivity index (χ2n) is 1.42. The number of hydrogen-bond acceptors (Lipinski definition) is 3. The van der Waals surface area contributed by atoms with E-state index in [4.69, 9.17) is 5.11 Å². The quantitative estimate of drug-likeness (QED) is 0.406. The van der Waals surface area contributed by atoms with E-state index in [2.05, 4.69) is 10.1 Å². The molecule has 0 amide bonds. The summed E-state index contributed by atoms with van der Waals surface area (Å²) in [4.78, 5) is 0. The van der Waals surface area contributed by atoms with Crippen LogP contribution in [0.15, 0.2) is 0 Å². The van der Waals surface area contributed by atoms with Crippen LogP contribution in [-0.2, 0) is 4.74 Å². The molecule has 2 N–H and O–H groups in total. The van der Waals surface area contributed by atoms with E-state index in [-0.39, 0.29) is 0 Å². The van der Waals surface area contributed by atoms with Gasteiger partial charge < -0.3 is 15.2 Å². The van der Waals surface area contributed by atoms with Crippen molar-refractivity contribution in [2.24, 2.45) is 0 Å². The van der Waals surface area contributed by atoms with Crippen molar-refractivity contribution in [3.8, 4) is 0 Å². The highest BCUT2D eigenvalue weighted by Gasteiger charge is 2.18. The normalized spacial score (nSPS) is 18.0. The highest BCUT2D eigenvalue weighted by molar-refractivity contribution is 14.1. The average molecular weight is 231 g/mol. The molecule has 0 aromatic rings. The summed E-state index contributed by atoms with van der Waals surface area (Å²) >= 11 is 1.81. The summed E-state index contributed by atoms with van der Waals surface area (Å²) in [6, 6.07) is 0. The number of aliphatic hydroxyl groups is 1. The average Bonchev–Trinajstić information content (AvgIpc) is 1.67. The molecule has 0 bridgehead atoms. The zero-order chi connectivity index (χ0) is 6.62. The second kappa shape index (κ2) is 3.60. The van der Waals surface area contributed by atoms with Crippen LogP contribution in [0.1, 0.15) is 0 Å². The van der Waals surface area contributed by atoms with E-state index in [0.29, 0.717) is 6.54 Å². The van der Waals surface area contributed by atoms with Gasteiger partial charge in [0.15, 0.2) is 0 Å². The highest BCUT2D eigenvalue weighted by Crippen LogP contribution is 2.12. The minimum absolute atomic E-state index is 0.435. The lowest BCUT2D eigenvalue weighted by Crippen LogP contribution is -2.34. The highest BCUT2D eigenvalue weighted by atomic mass is 127. The van der Waals surface area contributed by atoms with E-state index in [1.54, 1.807) is 7.05 Å². The van der Waals surface area contributed by atoms with Gasteiger partial charge in [-0.2, -0.15) is 0 Å². The first-order chi connectivity index (χ1) is 3.62. The Hall–Kier alpha value is 0.610. The van der Waals surface area contributed by atoms with Crippen LogP contribution in [-0.4, -0.2) is 29.6 Å². The lowest BCUT2D eigenvalue weighted by atomic mass is 10.6. The smallest absolute Gasteiger partial charge is 0.231 e. The van der Waals surface area contributed by atoms with Gasteiger partial charge in [0.2, 0.25) is 3.79 Å². The Morgan fingerprint density at radius 3 is 2.50 bits per heavy atom. The third-order valence-corrected chi connectivity index (χ3v) is 1.53. The van der Waals surface area contributed by atoms with Gasteiger partial charge in [0.05, 0.1) is 6.54 Å². The molecule has 0 aromatic heterocycles. The van der Waals surface area contributed by atoms with Crippen LogP contribution in [0.2, 0.25) is 0 Å². The van der Waals surface area contributed by atoms with E-state index >= 15 is 0 Å². The van der Waals surface area contributed by atoms with E-state index in [9.17, 15) is 0 Å². The van der Waals surface area contributed by atoms with Crippen LogP contribution < -0.4 is 5.32 Å². The first-order valence-electron chi connectivity index (χ1n) is 2.23. The summed E-state index contributed by atoms with van der Waals surface area (Å²) in [5.41, 5.74) is 0. The van der Waals surface area contributed by atoms with Crippen molar-refractivity contribution in [3.63, 3.8) is 0 Å². The molecule has 1 unspecified atom stereocenters. The molecule has 0 aliphatic heterocycles. The molecule has 3 nitrogen and oxygen atoms in total. The SMILES string of the molecule is CNCC(O)(I)OC. The maximum atomic E-state index is 9.03. The summed E-state index contributed by atoms with van der Waals surface area (Å²) in [6.45, 7) is 0.435. The van der Waals surface area contributed by atoms with Crippen molar-refractivity contribution in [2.75, 3.05) is 20.7 Å². The van der Waals surface area contributed by atoms with Crippen molar-refractivity contribution >= 4 is 22.6 Å². The van der Waals surface area contributed by atoms with Crippen molar-refractivity contribution in [1.82, 2.24) is 5.32 Å². The number of methoxy groups -OCH3 is 1. The molecule has 0 fully saturated rings. The second-order valence-corrected chi connectivity index (χ2v) is 3.11. The molecule has 4 heteroatoms. The molecule has 0 rings (SSSR count). The van der Waals surface area contributed by atoms with Gasteiger partial charge >= 0.3 is 0 Å². The summed E-state index contributed by atoms with van der Waals surface area (Å²) < 4.78 is 3.61. The minimum Gasteiger partial charge on any atom is -0.357 e. The van der Waals surface area contributed by atoms with E-state index in [1.807, 2.05) is 22.6 Å². The molecule has 0 radical (unpaired) electrons. The number of hydrogen-bond donors (Lipinski definition) is 2. The Kier molecular flexibility index (Phi) is 3.87. The fraction of sp³-hybridized carbons (Fsp3) is 1.00. The number of ether oxygens (including phenoxy) is 1. The van der Waals surface area contributed by atoms with Crippen LogP contribution in [0.25, 0.3) is 0 Å². The van der Waals surface area contributed by atoms with E-state index in [1.165, 1.54) is 7.11 Å². The molecule has 0 aliphatic carbocycles. The van der Waals surface area contributed by atoms with Gasteiger partial charge in [0.1, 0.15) is 0 Å². The Morgan fingerprint density at radius 2 is 2.38 bits per heavy atom. The Bertz CT molecular complexity index is 67.1. The minimum atomic E-state index is -1.05. The number of rotatable bonds is 3. The van der Waals surface area contributed by atoms with Gasteiger partial charge in [-0.3, -0.25) is 0 Å². The third-order valence-electron chi connectivity index (χ3n) is 0.708. The van der Waals surface area contributed by atoms with Gasteiger partial charge in [0.25, 0.3) is 0 Å². The topological polar surface area (TPSA) is 41.5 Å². The van der Waals surface area contributed by atoms with Gasteiger partial charge in [-0.05, 0) is 29.6 Å². The molecule has 0 aliphatic rings. The van der Waals surface area contributed by atoms with E-state index in [0.717, 1.165) is 0 Å². The van der Waals surface area contributed by atoms with Crippen LogP contribution >= 0.6 is 22.6 Å². The standard InChI is InChI=1S/C4H10INO2/c1-6-3-4(5,7)8-2/h6-7H,3H2,1-2H3. The van der Waals surface area contributed by atoms with Crippen LogP contribution in [0, 0.1) is 0 Å². The first kappa shape index (κ1) is 8.61. The zero-order valence-electron chi connectivity index (χ0n) is 4.94. The fourth-order valence-corrected chi connectivity index (χ4v) is 0.672. The number of likely N-dealkylation sites (N-methyl/N-ethyl adjacent to an activating group) is 1. The number of halogens is 1. The molecule has 0 saturated heterocycles. The lowest BCUT2D eigenvalue weighted by molar-refractivity contribution is -0.0865. The van der Waals surface area contributed by atoms with Gasteiger partial charge in [-0.1, -0.05) is 0 Å². The van der Waals surface area contributed by atoms with Gasteiger partial charge in [0, 0.05) is 7.11 Å². The van der Waals surface area contributed by atoms with Crippen molar-refractivity contribution in [2.45, 2.75) is 3.79 Å². The molecule has 8 heavy (non-hydrogen) atoms. The Labute approximate surface area is 62.6 Å². The maximum Gasteiger partial charge on any atom is 0.231 e. The Balaban J connectivity index is 3.37. The summed E-state index contributed by atoms with van der Waals surface area (Å²) in [7, 11) is 3.21. The zero-order valence-corrected chi connectivity index (χ0v) is 7.10. The van der Waals surface area contributed by atoms with Crippen LogP contribution in [0.5, 0.6) is 0 Å². The molecule has 0 saturated carbocycles. The molecule has 50 valence electrons. The molecule has 1 atom stereocenters. The predicted octanol–water partition coefficient (Wildman–Crippen LogP) is -0.0667. The largest absolute Gasteiger partial charge is 0.357 e. The summed E-state index contributed by atoms with van der Waals surface area (Å²) in [5, 5.41) is 11.8. The predicted molar refractivity (Wildman–Crippen MR) is 39.9 cm³/mol. The van der Waals surface area contributed by atoms with Crippen LogP contribution in [0.4, 0.5) is 0 Å². The number of alkyl halides is 1. The molecular weight excluding hydrogens is 221 g/mol. The van der Waals surface area contributed by atoms with Crippen LogP contribution in [0.3, 0.4) is 0 Å². The first-order valence-corrected chi connectivity index (χ1v) is 3.31. The van der Waals surface area contributed by atoms with Crippen molar-refractivity contribution in [1.29, 1.82) is 0 Å². The van der Waals surface area contributed by atoms with Gasteiger partial charge in [-0.15, -0.1) is 0 Å². The fourth-order valence-electron chi connectivity index (χ4n) is 0.290. The maximum absolute atomic E-state index is 9.03. The third kappa shape index (κ3) is 3.59. The lowest BCUT2D eigenvalue weighted by Gasteiger charge is -2.17. The molecule has 0 aromatic carbocycles. The summed E-state index contributed by atoms with van der Waals surface area (Å²) in [6.07, 6.45) is 0. The molecule has 0 spiro atoms. The Morgan fingerprint density at radius 1 is 1.88 bits per heavy atom. The summed E-state index contributed by atoms with van der Waals surface area (Å²) in [5.74, 6) is 0. The molecular formula is C4H10INO2. The monoisotopic (exact) mass is 231 g/mol. The van der Waals surface area contributed by atoms with Crippen molar-refractivity contribution in [3.05, 3.63) is 0 Å². The molecule has 0 heterocycles. The van der Waals surface area contributed by atoms with Crippen molar-refractivity contribution < 1.29 is 9.84 Å². The number of nitrogens with one attached hydrogen (secondary N) is 1.